The molecule has 0 amide bonds. The smallest absolute Gasteiger partial charge is 0.137 e. The maximum Gasteiger partial charge on any atom is 0.137 e. The lowest BCUT2D eigenvalue weighted by Crippen LogP contribution is -1.93. The fourth-order valence-electron chi connectivity index (χ4n) is 1.05. The average molecular weight is 197 g/mol. The number of rotatable bonds is 3. The van der Waals surface area contributed by atoms with Crippen LogP contribution in [0.3, 0.4) is 0 Å². The fourth-order valence-corrected chi connectivity index (χ4v) is 1.05. The minimum absolute atomic E-state index is 0.122. The van der Waals surface area contributed by atoms with Crippen LogP contribution < -0.4 is 10.5 Å². The molecule has 0 aromatic heterocycles. The van der Waals surface area contributed by atoms with Crippen LogP contribution in [0.2, 0.25) is 0 Å². The summed E-state index contributed by atoms with van der Waals surface area (Å²) in [6.45, 7) is 0.297. The van der Waals surface area contributed by atoms with E-state index in [1.807, 2.05) is 0 Å². The second-order valence-corrected chi connectivity index (χ2v) is 2.68. The first-order valence-electron chi connectivity index (χ1n) is 4.12. The molecule has 0 unspecified atom stereocenters. The first-order valence-corrected chi connectivity index (χ1v) is 4.12. The Kier molecular flexibility index (Phi) is 3.48. The molecule has 0 heterocycles. The minimum Gasteiger partial charge on any atom is -0.507 e. The molecular weight excluding hydrogens is 185 g/mol. The van der Waals surface area contributed by atoms with E-state index in [1.54, 1.807) is 6.08 Å². The zero-order valence-corrected chi connectivity index (χ0v) is 7.83. The van der Waals surface area contributed by atoms with Crippen LogP contribution in [0.4, 0.5) is 4.39 Å². The van der Waals surface area contributed by atoms with Crippen molar-refractivity contribution in [3.63, 3.8) is 0 Å². The molecule has 1 aromatic rings. The van der Waals surface area contributed by atoms with Gasteiger partial charge in [0.1, 0.15) is 17.3 Å². The summed E-state index contributed by atoms with van der Waals surface area (Å²) in [5.74, 6) is -0.414. The predicted molar refractivity (Wildman–Crippen MR) is 52.7 cm³/mol. The first-order chi connectivity index (χ1) is 6.69. The van der Waals surface area contributed by atoms with Crippen LogP contribution in [0.5, 0.6) is 11.5 Å². The van der Waals surface area contributed by atoms with E-state index in [2.05, 4.69) is 0 Å². The molecule has 0 saturated carbocycles. The highest BCUT2D eigenvalue weighted by molar-refractivity contribution is 5.59. The van der Waals surface area contributed by atoms with Crippen LogP contribution in [-0.4, -0.2) is 18.8 Å². The monoisotopic (exact) mass is 197 g/mol. The quantitative estimate of drug-likeness (QED) is 0.772. The van der Waals surface area contributed by atoms with E-state index in [1.165, 1.54) is 25.3 Å². The van der Waals surface area contributed by atoms with E-state index in [-0.39, 0.29) is 17.1 Å². The van der Waals surface area contributed by atoms with Crippen molar-refractivity contribution in [2.75, 3.05) is 13.7 Å². The van der Waals surface area contributed by atoms with E-state index in [9.17, 15) is 9.50 Å². The molecule has 0 fully saturated rings. The maximum absolute atomic E-state index is 13.3. The Bertz CT molecular complexity index is 327. The molecule has 14 heavy (non-hydrogen) atoms. The van der Waals surface area contributed by atoms with E-state index in [0.717, 1.165) is 0 Å². The van der Waals surface area contributed by atoms with Gasteiger partial charge in [-0.25, -0.2) is 4.39 Å². The van der Waals surface area contributed by atoms with Gasteiger partial charge in [-0.05, 0) is 0 Å². The van der Waals surface area contributed by atoms with Gasteiger partial charge in [0.15, 0.2) is 0 Å². The normalized spacial score (nSPS) is 10.8. The van der Waals surface area contributed by atoms with Gasteiger partial charge >= 0.3 is 0 Å². The summed E-state index contributed by atoms with van der Waals surface area (Å²) in [7, 11) is 1.41. The minimum atomic E-state index is -0.536. The molecule has 0 saturated heterocycles. The second kappa shape index (κ2) is 4.62. The molecule has 0 atom stereocenters. The number of aromatic hydroxyl groups is 1. The largest absolute Gasteiger partial charge is 0.507 e. The first kappa shape index (κ1) is 10.5. The Balaban J connectivity index is 3.11. The highest BCUT2D eigenvalue weighted by Gasteiger charge is 2.07. The summed E-state index contributed by atoms with van der Waals surface area (Å²) in [6, 6.07) is 2.55. The standard InChI is InChI=1S/C10H12FNO2/c1-14-7-5-9(11)8(3-2-4-12)10(13)6-7/h2-3,5-6,13H,4,12H2,1H3/b3-2+. The molecule has 0 bridgehead atoms. The lowest BCUT2D eigenvalue weighted by molar-refractivity contribution is 0.402. The SMILES string of the molecule is COc1cc(O)c(/C=C/CN)c(F)c1. The van der Waals surface area contributed by atoms with Crippen molar-refractivity contribution < 1.29 is 14.2 Å². The van der Waals surface area contributed by atoms with Crippen molar-refractivity contribution in [1.82, 2.24) is 0 Å². The van der Waals surface area contributed by atoms with Gasteiger partial charge in [0.05, 0.1) is 12.7 Å². The van der Waals surface area contributed by atoms with E-state index >= 15 is 0 Å². The van der Waals surface area contributed by atoms with Crippen LogP contribution in [0.15, 0.2) is 18.2 Å². The Labute approximate surface area is 81.6 Å². The summed E-state index contributed by atoms with van der Waals surface area (Å²) >= 11 is 0. The summed E-state index contributed by atoms with van der Waals surface area (Å²) in [5.41, 5.74) is 5.34. The number of ether oxygens (including phenoxy) is 1. The molecule has 3 N–H and O–H groups in total. The van der Waals surface area contributed by atoms with Crippen molar-refractivity contribution in [3.8, 4) is 11.5 Å². The summed E-state index contributed by atoms with van der Waals surface area (Å²) in [6.07, 6.45) is 2.99. The van der Waals surface area contributed by atoms with Crippen molar-refractivity contribution >= 4 is 6.08 Å². The zero-order chi connectivity index (χ0) is 10.6. The number of phenols is 1. The molecule has 0 aliphatic rings. The highest BCUT2D eigenvalue weighted by Crippen LogP contribution is 2.27. The number of benzene rings is 1. The fraction of sp³-hybridized carbons (Fsp3) is 0.200. The molecule has 0 spiro atoms. The van der Waals surface area contributed by atoms with E-state index < -0.39 is 5.82 Å². The number of methoxy groups -OCH3 is 1. The molecular formula is C10H12FNO2. The third-order valence-corrected chi connectivity index (χ3v) is 1.74. The number of halogens is 1. The zero-order valence-electron chi connectivity index (χ0n) is 7.83. The van der Waals surface area contributed by atoms with Crippen LogP contribution in [0.25, 0.3) is 6.08 Å². The Morgan fingerprint density at radius 2 is 2.29 bits per heavy atom. The van der Waals surface area contributed by atoms with Gasteiger partial charge < -0.3 is 15.6 Å². The van der Waals surface area contributed by atoms with Gasteiger partial charge in [0, 0.05) is 18.7 Å². The van der Waals surface area contributed by atoms with Gasteiger partial charge in [-0.1, -0.05) is 12.2 Å². The van der Waals surface area contributed by atoms with Crippen LogP contribution in [0.1, 0.15) is 5.56 Å². The third kappa shape index (κ3) is 2.23. The molecule has 0 aliphatic heterocycles. The molecule has 1 rings (SSSR count). The van der Waals surface area contributed by atoms with Crippen LogP contribution >= 0.6 is 0 Å². The van der Waals surface area contributed by atoms with Crippen molar-refractivity contribution in [2.24, 2.45) is 5.73 Å². The van der Waals surface area contributed by atoms with Crippen molar-refractivity contribution in [1.29, 1.82) is 0 Å². The van der Waals surface area contributed by atoms with Crippen LogP contribution in [-0.2, 0) is 0 Å². The maximum atomic E-state index is 13.3. The van der Waals surface area contributed by atoms with Crippen LogP contribution in [0, 0.1) is 5.82 Å². The van der Waals surface area contributed by atoms with Gasteiger partial charge in [0.25, 0.3) is 0 Å². The summed E-state index contributed by atoms with van der Waals surface area (Å²) < 4.78 is 18.1. The molecule has 76 valence electrons. The molecule has 1 aromatic carbocycles. The highest BCUT2D eigenvalue weighted by atomic mass is 19.1. The Morgan fingerprint density at radius 1 is 1.57 bits per heavy atom. The Morgan fingerprint density at radius 3 is 2.79 bits per heavy atom. The number of phenolic OH excluding ortho intramolecular Hbond substituents is 1. The topological polar surface area (TPSA) is 55.5 Å². The van der Waals surface area contributed by atoms with Gasteiger partial charge in [-0.3, -0.25) is 0 Å². The summed E-state index contributed by atoms with van der Waals surface area (Å²) in [4.78, 5) is 0. The van der Waals surface area contributed by atoms with Crippen molar-refractivity contribution in [2.45, 2.75) is 0 Å². The third-order valence-electron chi connectivity index (χ3n) is 1.74. The lowest BCUT2D eigenvalue weighted by Gasteiger charge is -2.04. The van der Waals surface area contributed by atoms with E-state index in [0.29, 0.717) is 6.54 Å². The van der Waals surface area contributed by atoms with E-state index in [4.69, 9.17) is 10.5 Å². The average Bonchev–Trinajstić information content (AvgIpc) is 2.16. The molecule has 3 nitrogen and oxygen atoms in total. The second-order valence-electron chi connectivity index (χ2n) is 2.68. The number of hydrogen-bond donors (Lipinski definition) is 2. The van der Waals surface area contributed by atoms with Gasteiger partial charge in [-0.2, -0.15) is 0 Å². The van der Waals surface area contributed by atoms with Gasteiger partial charge in [-0.15, -0.1) is 0 Å². The van der Waals surface area contributed by atoms with Gasteiger partial charge in [0.2, 0.25) is 0 Å². The molecule has 0 radical (unpaired) electrons. The molecule has 4 heteroatoms. The Hall–Kier alpha value is -1.55. The van der Waals surface area contributed by atoms with Crippen molar-refractivity contribution in [3.05, 3.63) is 29.6 Å². The lowest BCUT2D eigenvalue weighted by atomic mass is 10.1. The molecule has 0 aliphatic carbocycles. The number of hydrogen-bond acceptors (Lipinski definition) is 3. The number of nitrogens with two attached hydrogens (primary N) is 1. The predicted octanol–water partition coefficient (Wildman–Crippen LogP) is 1.51. The summed E-state index contributed by atoms with van der Waals surface area (Å²) in [5, 5.41) is 9.42.